The Morgan fingerprint density at radius 2 is 2.12 bits per heavy atom. The molecule has 1 aliphatic rings. The molecule has 3 heterocycles. The number of aromatic nitrogens is 1. The maximum Gasteiger partial charge on any atom is 0.264 e. The van der Waals surface area contributed by atoms with E-state index >= 15 is 0 Å². The molecule has 5 rings (SSSR count). The first kappa shape index (κ1) is 23.0. The zero-order chi connectivity index (χ0) is 23.7. The van der Waals surface area contributed by atoms with Gasteiger partial charge in [-0.1, -0.05) is 17.7 Å². The van der Waals surface area contributed by atoms with Crippen molar-refractivity contribution in [3.05, 3.63) is 69.8 Å². The Balaban J connectivity index is 1.29. The van der Waals surface area contributed by atoms with Gasteiger partial charge in [0.15, 0.2) is 14.6 Å². The number of aryl methyl sites for hydroxylation is 1. The number of carbonyl (C=O) groups is 1. The number of furan rings is 1. The topological polar surface area (TPSA) is 76.7 Å². The molecule has 6 nitrogen and oxygen atoms in total. The highest BCUT2D eigenvalue weighted by Crippen LogP contribution is 2.37. The van der Waals surface area contributed by atoms with Crippen molar-refractivity contribution in [3.63, 3.8) is 0 Å². The summed E-state index contributed by atoms with van der Waals surface area (Å²) in [6.07, 6.45) is 1.71. The molecule has 0 radical (unpaired) electrons. The number of nitrogens with one attached hydrogen (secondary N) is 1. The van der Waals surface area contributed by atoms with Gasteiger partial charge in [-0.15, -0.1) is 11.3 Å². The summed E-state index contributed by atoms with van der Waals surface area (Å²) < 4.78 is 13.4. The number of aliphatic imine (C=N–C) groups is 1. The normalized spacial score (nSPS) is 16.0. The van der Waals surface area contributed by atoms with E-state index in [2.05, 4.69) is 15.3 Å². The minimum atomic E-state index is -0.219. The van der Waals surface area contributed by atoms with Crippen LogP contribution in [-0.4, -0.2) is 22.7 Å². The lowest BCUT2D eigenvalue weighted by atomic mass is 10.2. The minimum Gasteiger partial charge on any atom is -0.494 e. The number of hydrogen-bond acceptors (Lipinski definition) is 8. The van der Waals surface area contributed by atoms with E-state index in [1.807, 2.05) is 56.3 Å². The second kappa shape index (κ2) is 9.87. The number of hydrogen-bond donors (Lipinski definition) is 1. The van der Waals surface area contributed by atoms with Crippen molar-refractivity contribution in [2.24, 2.45) is 4.99 Å². The number of carbonyl (C=O) groups excluding carboxylic acids is 1. The zero-order valence-electron chi connectivity index (χ0n) is 18.1. The highest BCUT2D eigenvalue weighted by molar-refractivity contribution is 8.18. The van der Waals surface area contributed by atoms with Gasteiger partial charge in [-0.25, -0.2) is 9.98 Å². The zero-order valence-corrected chi connectivity index (χ0v) is 21.3. The predicted octanol–water partition coefficient (Wildman–Crippen LogP) is 7.29. The molecule has 0 atom stereocenters. The molecule has 0 bridgehead atoms. The van der Waals surface area contributed by atoms with Crippen molar-refractivity contribution in [1.29, 1.82) is 0 Å². The fraction of sp³-hybridized carbons (Fsp3) is 0.125. The third-order valence-electron chi connectivity index (χ3n) is 4.75. The second-order valence-electron chi connectivity index (χ2n) is 7.22. The highest BCUT2D eigenvalue weighted by atomic mass is 35.5. The van der Waals surface area contributed by atoms with E-state index < -0.39 is 0 Å². The Morgan fingerprint density at radius 3 is 2.94 bits per heavy atom. The van der Waals surface area contributed by atoms with Crippen molar-refractivity contribution >= 4 is 79.5 Å². The van der Waals surface area contributed by atoms with Crippen LogP contribution in [0.2, 0.25) is 5.02 Å². The Hall–Kier alpha value is -2.72. The summed E-state index contributed by atoms with van der Waals surface area (Å²) in [5.41, 5.74) is 2.58. The molecule has 0 spiro atoms. The van der Waals surface area contributed by atoms with Gasteiger partial charge in [0.1, 0.15) is 11.5 Å². The molecule has 0 aliphatic carbocycles. The van der Waals surface area contributed by atoms with Crippen molar-refractivity contribution in [1.82, 2.24) is 10.3 Å². The number of halogens is 1. The molecular formula is C24H18ClN3O3S3. The summed E-state index contributed by atoms with van der Waals surface area (Å²) >= 11 is 10.5. The standard InChI is InChI=1S/C24H18ClN3O3S3/c1-3-30-15-6-8-18-19(11-15)33-24(27-18)34-21-9-7-16(31-21)12-20-22(29)28-23(32-20)26-14-5-4-13(2)17(25)10-14/h4-12H,3H2,1-2H3,(H,26,28,29)/b20-12-. The second-order valence-corrected chi connectivity index (χ2v) is 10.9. The van der Waals surface area contributed by atoms with Gasteiger partial charge in [0.05, 0.1) is 27.4 Å². The summed E-state index contributed by atoms with van der Waals surface area (Å²) in [7, 11) is 0. The van der Waals surface area contributed by atoms with E-state index in [0.717, 1.165) is 25.9 Å². The van der Waals surface area contributed by atoms with Crippen LogP contribution in [0, 0.1) is 6.92 Å². The molecule has 34 heavy (non-hydrogen) atoms. The van der Waals surface area contributed by atoms with E-state index in [1.54, 1.807) is 23.5 Å². The third kappa shape index (κ3) is 5.17. The lowest BCUT2D eigenvalue weighted by Gasteiger charge is -2.00. The number of thioether (sulfide) groups is 1. The van der Waals surface area contributed by atoms with Gasteiger partial charge >= 0.3 is 0 Å². The average Bonchev–Trinajstić information content (AvgIpc) is 3.50. The van der Waals surface area contributed by atoms with Gasteiger partial charge in [0, 0.05) is 11.1 Å². The van der Waals surface area contributed by atoms with E-state index in [1.165, 1.54) is 23.5 Å². The SMILES string of the molecule is CCOc1ccc2nc(Sc3ccc(/C=C4\SC(=Nc5ccc(C)c(Cl)c5)NC4=O)o3)sc2c1. The molecule has 2 aromatic carbocycles. The lowest BCUT2D eigenvalue weighted by Crippen LogP contribution is -2.19. The number of rotatable bonds is 6. The van der Waals surface area contributed by atoms with Crippen LogP contribution in [0.25, 0.3) is 16.3 Å². The average molecular weight is 528 g/mol. The van der Waals surface area contributed by atoms with Gasteiger partial charge < -0.3 is 14.5 Å². The van der Waals surface area contributed by atoms with Crippen LogP contribution in [0.1, 0.15) is 18.2 Å². The summed E-state index contributed by atoms with van der Waals surface area (Å²) in [5, 5.41) is 4.61. The number of nitrogens with zero attached hydrogens (tertiary/aromatic N) is 2. The summed E-state index contributed by atoms with van der Waals surface area (Å²) in [6, 6.07) is 15.1. The van der Waals surface area contributed by atoms with Gasteiger partial charge in [-0.3, -0.25) is 4.79 Å². The molecule has 1 N–H and O–H groups in total. The molecule has 0 unspecified atom stereocenters. The van der Waals surface area contributed by atoms with E-state index in [0.29, 0.717) is 38.2 Å². The molecule has 4 aromatic rings. The molecule has 172 valence electrons. The van der Waals surface area contributed by atoms with Crippen molar-refractivity contribution < 1.29 is 13.9 Å². The summed E-state index contributed by atoms with van der Waals surface area (Å²) in [6.45, 7) is 4.51. The number of thiazole rings is 1. The number of fused-ring (bicyclic) bond motifs is 1. The Morgan fingerprint density at radius 1 is 1.24 bits per heavy atom. The van der Waals surface area contributed by atoms with E-state index in [9.17, 15) is 4.79 Å². The lowest BCUT2D eigenvalue weighted by molar-refractivity contribution is -0.115. The molecule has 0 saturated carbocycles. The molecule has 1 saturated heterocycles. The Labute approximate surface area is 213 Å². The van der Waals surface area contributed by atoms with Crippen LogP contribution in [0.4, 0.5) is 5.69 Å². The summed E-state index contributed by atoms with van der Waals surface area (Å²) in [5.74, 6) is 1.20. The first-order valence-electron chi connectivity index (χ1n) is 10.3. The fourth-order valence-corrected chi connectivity index (χ4v) is 6.11. The molecular weight excluding hydrogens is 510 g/mol. The smallest absolute Gasteiger partial charge is 0.264 e. The predicted molar refractivity (Wildman–Crippen MR) is 141 cm³/mol. The van der Waals surface area contributed by atoms with Gasteiger partial charge in [0.2, 0.25) is 0 Å². The summed E-state index contributed by atoms with van der Waals surface area (Å²) in [4.78, 5) is 22.0. The van der Waals surface area contributed by atoms with Crippen molar-refractivity contribution in [2.75, 3.05) is 6.61 Å². The molecule has 1 aliphatic heterocycles. The maximum absolute atomic E-state index is 12.4. The monoisotopic (exact) mass is 527 g/mol. The minimum absolute atomic E-state index is 0.219. The molecule has 2 aromatic heterocycles. The van der Waals surface area contributed by atoms with E-state index in [4.69, 9.17) is 20.8 Å². The fourth-order valence-electron chi connectivity index (χ4n) is 3.12. The van der Waals surface area contributed by atoms with Crippen LogP contribution >= 0.6 is 46.5 Å². The van der Waals surface area contributed by atoms with Crippen LogP contribution in [0.5, 0.6) is 5.75 Å². The Bertz CT molecular complexity index is 1460. The van der Waals surface area contributed by atoms with Crippen LogP contribution in [-0.2, 0) is 4.79 Å². The quantitative estimate of drug-likeness (QED) is 0.265. The third-order valence-corrected chi connectivity index (χ3v) is 8.07. The maximum atomic E-state index is 12.4. The highest BCUT2D eigenvalue weighted by Gasteiger charge is 2.24. The molecule has 1 fully saturated rings. The van der Waals surface area contributed by atoms with Crippen molar-refractivity contribution in [2.45, 2.75) is 23.3 Å². The number of benzene rings is 2. The van der Waals surface area contributed by atoms with Gasteiger partial charge in [-0.05, 0) is 85.4 Å². The molecule has 1 amide bonds. The van der Waals surface area contributed by atoms with Gasteiger partial charge in [-0.2, -0.15) is 0 Å². The number of amides is 1. The first-order chi connectivity index (χ1) is 16.5. The molecule has 10 heteroatoms. The first-order valence-corrected chi connectivity index (χ1v) is 13.2. The van der Waals surface area contributed by atoms with Crippen molar-refractivity contribution in [3.8, 4) is 5.75 Å². The number of ether oxygens (including phenoxy) is 1. The Kier molecular flexibility index (Phi) is 6.69. The number of amidine groups is 1. The van der Waals surface area contributed by atoms with Crippen LogP contribution in [0.3, 0.4) is 0 Å². The largest absolute Gasteiger partial charge is 0.494 e. The van der Waals surface area contributed by atoms with Crippen LogP contribution in [0.15, 0.2) is 72.3 Å². The van der Waals surface area contributed by atoms with Crippen LogP contribution < -0.4 is 10.1 Å². The van der Waals surface area contributed by atoms with E-state index in [-0.39, 0.29) is 5.91 Å². The van der Waals surface area contributed by atoms with Gasteiger partial charge in [0.25, 0.3) is 5.91 Å².